The molecule has 0 aliphatic heterocycles. The number of thioether (sulfide) groups is 1. The fourth-order valence-corrected chi connectivity index (χ4v) is 3.82. The van der Waals surface area contributed by atoms with Crippen LogP contribution in [0.15, 0.2) is 54.6 Å². The second-order valence-corrected chi connectivity index (χ2v) is 8.50. The summed E-state index contributed by atoms with van der Waals surface area (Å²) in [7, 11) is 0. The summed E-state index contributed by atoms with van der Waals surface area (Å²) in [4.78, 5) is 27.1. The number of rotatable bonds is 11. The van der Waals surface area contributed by atoms with Crippen molar-refractivity contribution in [3.63, 3.8) is 0 Å². The monoisotopic (exact) mass is 430 g/mol. The van der Waals surface area contributed by atoms with Gasteiger partial charge in [0.05, 0.1) is 0 Å². The summed E-state index contributed by atoms with van der Waals surface area (Å²) in [6.45, 7) is 5.69. The van der Waals surface area contributed by atoms with Crippen molar-refractivity contribution in [3.05, 3.63) is 71.5 Å². The highest BCUT2D eigenvalue weighted by atomic mass is 32.2. The third-order valence-corrected chi connectivity index (χ3v) is 6.07. The standard InChI is InChI=1S/C24H31FN2O2S/c1-4-18(2)26-24(29)19(3)27(16-21-12-8-9-13-22(21)25)23(28)14-15-30-17-20-10-6-5-7-11-20/h5-13,18-19H,4,14-17H2,1-3H3,(H,26,29)/t18-,19+/m1/s1. The SMILES string of the molecule is CC[C@@H](C)NC(=O)[C@H](C)N(Cc1ccccc1F)C(=O)CCSCc1ccccc1. The molecule has 0 heterocycles. The van der Waals surface area contributed by atoms with E-state index in [1.165, 1.54) is 16.5 Å². The van der Waals surface area contributed by atoms with E-state index in [0.717, 1.165) is 12.2 Å². The molecule has 0 unspecified atom stereocenters. The van der Waals surface area contributed by atoms with Gasteiger partial charge in [-0.1, -0.05) is 55.5 Å². The third-order valence-electron chi connectivity index (χ3n) is 5.04. The van der Waals surface area contributed by atoms with Gasteiger partial charge < -0.3 is 10.2 Å². The third kappa shape index (κ3) is 7.48. The molecule has 0 saturated carbocycles. The summed E-state index contributed by atoms with van der Waals surface area (Å²) in [5.74, 6) is 0.729. The minimum atomic E-state index is -0.676. The van der Waals surface area contributed by atoms with Gasteiger partial charge in [0.25, 0.3) is 0 Å². The molecule has 2 aromatic carbocycles. The number of nitrogens with one attached hydrogen (secondary N) is 1. The average molecular weight is 431 g/mol. The Morgan fingerprint density at radius 1 is 1.07 bits per heavy atom. The van der Waals surface area contributed by atoms with Crippen molar-refractivity contribution >= 4 is 23.6 Å². The lowest BCUT2D eigenvalue weighted by Crippen LogP contribution is -2.49. The molecule has 0 fully saturated rings. The summed E-state index contributed by atoms with van der Waals surface area (Å²) < 4.78 is 14.2. The minimum absolute atomic E-state index is 0.0202. The van der Waals surface area contributed by atoms with E-state index < -0.39 is 6.04 Å². The lowest BCUT2D eigenvalue weighted by Gasteiger charge is -2.30. The zero-order valence-corrected chi connectivity index (χ0v) is 18.8. The van der Waals surface area contributed by atoms with Crippen molar-refractivity contribution in [2.75, 3.05) is 5.75 Å². The van der Waals surface area contributed by atoms with Gasteiger partial charge in [-0.3, -0.25) is 9.59 Å². The van der Waals surface area contributed by atoms with Crippen molar-refractivity contribution in [1.29, 1.82) is 0 Å². The number of amides is 2. The van der Waals surface area contributed by atoms with E-state index in [2.05, 4.69) is 17.4 Å². The van der Waals surface area contributed by atoms with Crippen LogP contribution < -0.4 is 5.32 Å². The molecule has 30 heavy (non-hydrogen) atoms. The highest BCUT2D eigenvalue weighted by molar-refractivity contribution is 7.98. The van der Waals surface area contributed by atoms with Crippen molar-refractivity contribution in [1.82, 2.24) is 10.2 Å². The van der Waals surface area contributed by atoms with E-state index >= 15 is 0 Å². The van der Waals surface area contributed by atoms with E-state index in [-0.39, 0.29) is 30.2 Å². The summed E-state index contributed by atoms with van der Waals surface area (Å²) in [6, 6.07) is 15.8. The van der Waals surface area contributed by atoms with Crippen LogP contribution in [0.4, 0.5) is 4.39 Å². The maximum absolute atomic E-state index is 14.2. The van der Waals surface area contributed by atoms with Crippen LogP contribution in [0.25, 0.3) is 0 Å². The maximum atomic E-state index is 14.2. The molecule has 0 aliphatic carbocycles. The zero-order chi connectivity index (χ0) is 21.9. The van der Waals surface area contributed by atoms with Gasteiger partial charge >= 0.3 is 0 Å². The van der Waals surface area contributed by atoms with Crippen molar-refractivity contribution in [2.45, 2.75) is 58.0 Å². The van der Waals surface area contributed by atoms with Crippen LogP contribution in [0.3, 0.4) is 0 Å². The van der Waals surface area contributed by atoms with Crippen molar-refractivity contribution < 1.29 is 14.0 Å². The fourth-order valence-electron chi connectivity index (χ4n) is 2.93. The van der Waals surface area contributed by atoms with Gasteiger partial charge in [0.15, 0.2) is 0 Å². The van der Waals surface area contributed by atoms with Crippen LogP contribution in [0.5, 0.6) is 0 Å². The number of benzene rings is 2. The Labute approximate surface area is 183 Å². The van der Waals surface area contributed by atoms with Crippen molar-refractivity contribution in [2.24, 2.45) is 0 Å². The molecule has 1 N–H and O–H groups in total. The quantitative estimate of drug-likeness (QED) is 0.522. The van der Waals surface area contributed by atoms with Gasteiger partial charge in [0.2, 0.25) is 11.8 Å². The molecular formula is C24H31FN2O2S. The Morgan fingerprint density at radius 3 is 2.40 bits per heavy atom. The van der Waals surface area contributed by atoms with Crippen LogP contribution >= 0.6 is 11.8 Å². The topological polar surface area (TPSA) is 49.4 Å². The van der Waals surface area contributed by atoms with E-state index in [9.17, 15) is 14.0 Å². The van der Waals surface area contributed by atoms with Crippen LogP contribution in [0.1, 0.15) is 44.7 Å². The number of hydrogen-bond acceptors (Lipinski definition) is 3. The molecule has 6 heteroatoms. The molecule has 162 valence electrons. The predicted octanol–water partition coefficient (Wildman–Crippen LogP) is 4.78. The zero-order valence-electron chi connectivity index (χ0n) is 17.9. The summed E-state index contributed by atoms with van der Waals surface area (Å²) >= 11 is 1.67. The molecule has 2 aromatic rings. The Kier molecular flexibility index (Phi) is 9.87. The number of carbonyl (C=O) groups excluding carboxylic acids is 2. The highest BCUT2D eigenvalue weighted by Crippen LogP contribution is 2.17. The summed E-state index contributed by atoms with van der Waals surface area (Å²) in [5.41, 5.74) is 1.62. The van der Waals surface area contributed by atoms with E-state index in [4.69, 9.17) is 0 Å². The second kappa shape index (κ2) is 12.4. The summed E-state index contributed by atoms with van der Waals surface area (Å²) in [5, 5.41) is 2.92. The van der Waals surface area contributed by atoms with E-state index in [1.807, 2.05) is 32.0 Å². The van der Waals surface area contributed by atoms with Crippen molar-refractivity contribution in [3.8, 4) is 0 Å². The smallest absolute Gasteiger partial charge is 0.242 e. The molecule has 2 amide bonds. The first-order chi connectivity index (χ1) is 14.4. The molecule has 4 nitrogen and oxygen atoms in total. The Morgan fingerprint density at radius 2 is 1.73 bits per heavy atom. The molecule has 0 radical (unpaired) electrons. The second-order valence-electron chi connectivity index (χ2n) is 7.40. The van der Waals surface area contributed by atoms with Gasteiger partial charge in [-0.15, -0.1) is 0 Å². The lowest BCUT2D eigenvalue weighted by molar-refractivity contribution is -0.140. The molecule has 2 rings (SSSR count). The average Bonchev–Trinajstić information content (AvgIpc) is 2.76. The number of hydrogen-bond donors (Lipinski definition) is 1. The first-order valence-corrected chi connectivity index (χ1v) is 11.5. The molecule has 0 spiro atoms. The molecule has 0 aromatic heterocycles. The first-order valence-electron chi connectivity index (χ1n) is 10.4. The fraction of sp³-hybridized carbons (Fsp3) is 0.417. The summed E-state index contributed by atoms with van der Waals surface area (Å²) in [6.07, 6.45) is 1.10. The van der Waals surface area contributed by atoms with E-state index in [0.29, 0.717) is 17.7 Å². The number of nitrogens with zero attached hydrogens (tertiary/aromatic N) is 1. The maximum Gasteiger partial charge on any atom is 0.242 e. The van der Waals surface area contributed by atoms with Crippen LogP contribution in [-0.2, 0) is 21.9 Å². The van der Waals surface area contributed by atoms with Gasteiger partial charge in [-0.25, -0.2) is 4.39 Å². The Hall–Kier alpha value is -2.34. The first kappa shape index (κ1) is 23.9. The van der Waals surface area contributed by atoms with Crippen LogP contribution in [0.2, 0.25) is 0 Å². The normalized spacial score (nSPS) is 12.8. The molecule has 0 bridgehead atoms. The lowest BCUT2D eigenvalue weighted by atomic mass is 10.1. The largest absolute Gasteiger partial charge is 0.352 e. The molecule has 0 saturated heterocycles. The molecular weight excluding hydrogens is 399 g/mol. The molecule has 0 aliphatic rings. The number of carbonyl (C=O) groups is 2. The van der Waals surface area contributed by atoms with Gasteiger partial charge in [0.1, 0.15) is 11.9 Å². The highest BCUT2D eigenvalue weighted by Gasteiger charge is 2.27. The van der Waals surface area contributed by atoms with E-state index in [1.54, 1.807) is 36.9 Å². The minimum Gasteiger partial charge on any atom is -0.352 e. The van der Waals surface area contributed by atoms with Gasteiger partial charge in [-0.2, -0.15) is 11.8 Å². The Balaban J connectivity index is 2.02. The van der Waals surface area contributed by atoms with Gasteiger partial charge in [0, 0.05) is 36.1 Å². The number of halogens is 1. The van der Waals surface area contributed by atoms with Gasteiger partial charge in [-0.05, 0) is 31.9 Å². The van der Waals surface area contributed by atoms with Crippen LogP contribution in [-0.4, -0.2) is 34.6 Å². The Bertz CT molecular complexity index is 816. The molecule has 2 atom stereocenters. The van der Waals surface area contributed by atoms with Crippen LogP contribution in [0, 0.1) is 5.82 Å². The predicted molar refractivity (Wildman–Crippen MR) is 122 cm³/mol.